The minimum atomic E-state index is 1.14. The van der Waals surface area contributed by atoms with E-state index in [1.165, 1.54) is 0 Å². The Bertz CT molecular complexity index is 203. The van der Waals surface area contributed by atoms with Gasteiger partial charge in [0.15, 0.2) is 0 Å². The molecule has 0 radical (unpaired) electrons. The second kappa shape index (κ2) is 9.81. The minimum Gasteiger partial charge on any atom is -0.368 e. The summed E-state index contributed by atoms with van der Waals surface area (Å²) >= 11 is 0. The van der Waals surface area contributed by atoms with Gasteiger partial charge in [0.1, 0.15) is 0 Å². The number of nitrogens with zero attached hydrogens (tertiary/aromatic N) is 1. The second-order valence-electron chi connectivity index (χ2n) is 3.32. The molecule has 0 unspecified atom stereocenters. The van der Waals surface area contributed by atoms with Gasteiger partial charge >= 0.3 is 0 Å². The molecule has 1 aliphatic carbocycles. The maximum absolute atomic E-state index is 2.86. The molecule has 1 aliphatic rings. The molecule has 1 heterocycles. The molecular formula is C12H20N2. The van der Waals surface area contributed by atoms with Gasteiger partial charge in [0, 0.05) is 12.4 Å². The maximum atomic E-state index is 2.86. The van der Waals surface area contributed by atoms with Crippen LogP contribution in [0.5, 0.6) is 0 Å². The highest BCUT2D eigenvalue weighted by Gasteiger charge is 1.72. The summed E-state index contributed by atoms with van der Waals surface area (Å²) in [6.45, 7) is 0. The summed E-state index contributed by atoms with van der Waals surface area (Å²) in [5, 5.41) is 0. The Balaban J connectivity index is 0.000000183. The van der Waals surface area contributed by atoms with E-state index in [0.29, 0.717) is 0 Å². The van der Waals surface area contributed by atoms with Crippen molar-refractivity contribution in [2.45, 2.75) is 6.42 Å². The van der Waals surface area contributed by atoms with Crippen molar-refractivity contribution < 1.29 is 0 Å². The molecule has 2 heteroatoms. The van der Waals surface area contributed by atoms with Gasteiger partial charge < -0.3 is 9.88 Å². The first-order valence-corrected chi connectivity index (χ1v) is 4.74. The van der Waals surface area contributed by atoms with E-state index in [1.54, 1.807) is 0 Å². The molecule has 0 aliphatic heterocycles. The van der Waals surface area contributed by atoms with Crippen LogP contribution in [0.3, 0.4) is 0 Å². The highest BCUT2D eigenvalue weighted by atomic mass is 15.0. The van der Waals surface area contributed by atoms with Crippen LogP contribution in [0.2, 0.25) is 0 Å². The zero-order valence-corrected chi connectivity index (χ0v) is 9.27. The fourth-order valence-electron chi connectivity index (χ4n) is 0.671. The van der Waals surface area contributed by atoms with Crippen LogP contribution in [0.4, 0.5) is 0 Å². The molecular weight excluding hydrogens is 172 g/mol. The van der Waals surface area contributed by atoms with E-state index in [-0.39, 0.29) is 0 Å². The van der Waals surface area contributed by atoms with Gasteiger partial charge in [-0.1, -0.05) is 24.3 Å². The average molecular weight is 192 g/mol. The summed E-state index contributed by atoms with van der Waals surface area (Å²) in [7, 11) is 6.00. The van der Waals surface area contributed by atoms with Crippen LogP contribution in [-0.4, -0.2) is 31.0 Å². The molecule has 0 spiro atoms. The zero-order valence-electron chi connectivity index (χ0n) is 9.27. The van der Waals surface area contributed by atoms with Crippen molar-refractivity contribution in [1.82, 2.24) is 9.88 Å². The number of nitrogens with one attached hydrogen (secondary N) is 1. The first-order valence-electron chi connectivity index (χ1n) is 4.74. The molecule has 0 saturated carbocycles. The van der Waals surface area contributed by atoms with Crippen LogP contribution in [0.15, 0.2) is 48.8 Å². The monoisotopic (exact) mass is 192 g/mol. The summed E-state index contributed by atoms with van der Waals surface area (Å²) in [4.78, 5) is 4.86. The fraction of sp³-hybridized carbons (Fsp3) is 0.333. The maximum Gasteiger partial charge on any atom is 0.000496 e. The predicted molar refractivity (Wildman–Crippen MR) is 63.3 cm³/mol. The Morgan fingerprint density at radius 2 is 1.36 bits per heavy atom. The summed E-state index contributed by atoms with van der Waals surface area (Å²) in [5.41, 5.74) is 0. The van der Waals surface area contributed by atoms with Gasteiger partial charge in [-0.3, -0.25) is 0 Å². The lowest BCUT2D eigenvalue weighted by Crippen LogP contribution is -1.99. The van der Waals surface area contributed by atoms with Crippen LogP contribution in [0, 0.1) is 0 Å². The highest BCUT2D eigenvalue weighted by Crippen LogP contribution is 1.93. The van der Waals surface area contributed by atoms with Gasteiger partial charge in [-0.25, -0.2) is 0 Å². The molecule has 0 saturated heterocycles. The SMILES string of the molecule is C1=CCC=C1.CN(C)C.c1cc[nH]c1. The number of hydrogen-bond donors (Lipinski definition) is 1. The van der Waals surface area contributed by atoms with Crippen LogP contribution in [0.1, 0.15) is 6.42 Å². The largest absolute Gasteiger partial charge is 0.368 e. The van der Waals surface area contributed by atoms with E-state index in [1.807, 2.05) is 50.6 Å². The summed E-state index contributed by atoms with van der Waals surface area (Å²) in [6, 6.07) is 3.89. The smallest absolute Gasteiger partial charge is 0.000496 e. The van der Waals surface area contributed by atoms with Crippen molar-refractivity contribution in [2.75, 3.05) is 21.1 Å². The van der Waals surface area contributed by atoms with Gasteiger partial charge in [0.2, 0.25) is 0 Å². The molecule has 0 fully saturated rings. The normalized spacial score (nSPS) is 11.7. The first-order chi connectivity index (χ1) is 6.73. The molecule has 0 bridgehead atoms. The molecule has 78 valence electrons. The second-order valence-corrected chi connectivity index (χ2v) is 3.32. The van der Waals surface area contributed by atoms with Gasteiger partial charge in [0.25, 0.3) is 0 Å². The van der Waals surface area contributed by atoms with Gasteiger partial charge in [-0.05, 0) is 39.7 Å². The van der Waals surface area contributed by atoms with Gasteiger partial charge in [-0.15, -0.1) is 0 Å². The Labute approximate surface area is 86.9 Å². The Hall–Kier alpha value is -1.28. The number of rotatable bonds is 0. The van der Waals surface area contributed by atoms with Crippen LogP contribution in [-0.2, 0) is 0 Å². The van der Waals surface area contributed by atoms with E-state index < -0.39 is 0 Å². The summed E-state index contributed by atoms with van der Waals surface area (Å²) < 4.78 is 0. The van der Waals surface area contributed by atoms with Gasteiger partial charge in [-0.2, -0.15) is 0 Å². The van der Waals surface area contributed by atoms with E-state index in [4.69, 9.17) is 0 Å². The number of H-pyrrole nitrogens is 1. The van der Waals surface area contributed by atoms with Crippen molar-refractivity contribution in [2.24, 2.45) is 0 Å². The van der Waals surface area contributed by atoms with Crippen molar-refractivity contribution in [1.29, 1.82) is 0 Å². The van der Waals surface area contributed by atoms with Crippen LogP contribution < -0.4 is 0 Å². The van der Waals surface area contributed by atoms with Gasteiger partial charge in [0.05, 0.1) is 0 Å². The third-order valence-electron chi connectivity index (χ3n) is 1.15. The molecule has 1 aromatic rings. The standard InChI is InChI=1S/C5H6.C4H5N.C3H9N/c2*1-2-4-5-3-1;1-4(2)3/h1-4H,5H2;1-5H;1-3H3. The summed E-state index contributed by atoms with van der Waals surface area (Å²) in [5.74, 6) is 0. The van der Waals surface area contributed by atoms with E-state index in [9.17, 15) is 0 Å². The molecule has 0 amide bonds. The van der Waals surface area contributed by atoms with E-state index in [2.05, 4.69) is 29.3 Å². The Morgan fingerprint density at radius 1 is 0.929 bits per heavy atom. The summed E-state index contributed by atoms with van der Waals surface area (Å²) in [6.07, 6.45) is 13.2. The quantitative estimate of drug-likeness (QED) is 0.669. The average Bonchev–Trinajstić information content (AvgIpc) is 2.83. The molecule has 1 N–H and O–H groups in total. The highest BCUT2D eigenvalue weighted by molar-refractivity contribution is 5.11. The van der Waals surface area contributed by atoms with Crippen LogP contribution >= 0.6 is 0 Å². The molecule has 0 aromatic carbocycles. The first kappa shape index (κ1) is 12.7. The van der Waals surface area contributed by atoms with Crippen molar-refractivity contribution in [3.05, 3.63) is 48.8 Å². The lowest BCUT2D eigenvalue weighted by atomic mass is 10.5. The van der Waals surface area contributed by atoms with E-state index in [0.717, 1.165) is 6.42 Å². The topological polar surface area (TPSA) is 19.0 Å². The molecule has 0 atom stereocenters. The number of hydrogen-bond acceptors (Lipinski definition) is 1. The lowest BCUT2D eigenvalue weighted by molar-refractivity contribution is 0.505. The fourth-order valence-corrected chi connectivity index (χ4v) is 0.671. The molecule has 1 aromatic heterocycles. The minimum absolute atomic E-state index is 1.14. The zero-order chi connectivity index (χ0) is 10.6. The third-order valence-corrected chi connectivity index (χ3v) is 1.15. The Morgan fingerprint density at radius 3 is 1.50 bits per heavy atom. The van der Waals surface area contributed by atoms with Crippen molar-refractivity contribution in [3.63, 3.8) is 0 Å². The van der Waals surface area contributed by atoms with Crippen molar-refractivity contribution in [3.8, 4) is 0 Å². The Kier molecular flexibility index (Phi) is 8.91. The molecule has 14 heavy (non-hydrogen) atoms. The number of allylic oxidation sites excluding steroid dienone is 4. The van der Waals surface area contributed by atoms with Crippen molar-refractivity contribution >= 4 is 0 Å². The lowest BCUT2D eigenvalue weighted by Gasteiger charge is -1.90. The predicted octanol–water partition coefficient (Wildman–Crippen LogP) is 2.70. The number of aromatic amines is 1. The number of aromatic nitrogens is 1. The molecule has 2 rings (SSSR count). The van der Waals surface area contributed by atoms with E-state index >= 15 is 0 Å². The molecule has 2 nitrogen and oxygen atoms in total. The van der Waals surface area contributed by atoms with Crippen LogP contribution in [0.25, 0.3) is 0 Å². The third kappa shape index (κ3) is 13.3.